The molecule has 3 nitrogen and oxygen atoms in total. The van der Waals surface area contributed by atoms with Crippen molar-refractivity contribution >= 4 is 28.8 Å². The fraction of sp³-hybridized carbons (Fsp3) is 0.500. The second kappa shape index (κ2) is 1.94. The topological polar surface area (TPSA) is 41.6 Å². The Hall–Kier alpha value is 0.130. The van der Waals surface area contributed by atoms with Crippen molar-refractivity contribution in [2.24, 2.45) is 10.9 Å². The first-order chi connectivity index (χ1) is 3.29. The Labute approximate surface area is 51.3 Å². The SMILES string of the molecule is NN1CSC(S)=N1. The number of hydrogen-bond donors (Lipinski definition) is 2. The number of rotatable bonds is 0. The Morgan fingerprint density at radius 1 is 2.00 bits per heavy atom. The van der Waals surface area contributed by atoms with Gasteiger partial charge in [-0.05, 0) is 0 Å². The first-order valence-corrected chi connectivity index (χ1v) is 3.15. The van der Waals surface area contributed by atoms with Crippen molar-refractivity contribution in [2.45, 2.75) is 0 Å². The molecular formula is C2H5N3S2. The third-order valence-electron chi connectivity index (χ3n) is 0.540. The summed E-state index contributed by atoms with van der Waals surface area (Å²) in [5.41, 5.74) is 0. The van der Waals surface area contributed by atoms with Gasteiger partial charge in [-0.25, -0.2) is 11.0 Å². The molecular weight excluding hydrogens is 130 g/mol. The lowest BCUT2D eigenvalue weighted by molar-refractivity contribution is 0.365. The number of nitrogens with two attached hydrogens (primary N) is 1. The second-order valence-corrected chi connectivity index (χ2v) is 2.76. The van der Waals surface area contributed by atoms with Crippen LogP contribution in [0.4, 0.5) is 0 Å². The van der Waals surface area contributed by atoms with Gasteiger partial charge >= 0.3 is 0 Å². The average molecular weight is 135 g/mol. The van der Waals surface area contributed by atoms with Crippen LogP contribution in [0.25, 0.3) is 0 Å². The third-order valence-corrected chi connectivity index (χ3v) is 1.75. The van der Waals surface area contributed by atoms with Gasteiger partial charge in [0.1, 0.15) is 5.88 Å². The molecule has 1 aliphatic heterocycles. The van der Waals surface area contributed by atoms with E-state index < -0.39 is 0 Å². The van der Waals surface area contributed by atoms with Crippen molar-refractivity contribution in [1.82, 2.24) is 5.12 Å². The molecule has 0 saturated carbocycles. The van der Waals surface area contributed by atoms with Crippen LogP contribution in [0.1, 0.15) is 0 Å². The third kappa shape index (κ3) is 1.25. The number of nitrogens with zero attached hydrogens (tertiary/aromatic N) is 2. The van der Waals surface area contributed by atoms with Crippen LogP contribution in [0.2, 0.25) is 0 Å². The minimum Gasteiger partial charge on any atom is -0.230 e. The zero-order chi connectivity index (χ0) is 5.28. The van der Waals surface area contributed by atoms with Gasteiger partial charge in [0.25, 0.3) is 0 Å². The number of thiol groups is 1. The van der Waals surface area contributed by atoms with Gasteiger partial charge in [-0.1, -0.05) is 11.8 Å². The molecule has 0 radical (unpaired) electrons. The molecule has 0 aromatic heterocycles. The first-order valence-electron chi connectivity index (χ1n) is 1.71. The molecule has 7 heavy (non-hydrogen) atoms. The summed E-state index contributed by atoms with van der Waals surface area (Å²) in [4.78, 5) is 0. The lowest BCUT2D eigenvalue weighted by Crippen LogP contribution is -2.20. The van der Waals surface area contributed by atoms with Crippen molar-refractivity contribution in [1.29, 1.82) is 0 Å². The van der Waals surface area contributed by atoms with E-state index in [0.29, 0.717) is 0 Å². The van der Waals surface area contributed by atoms with Crippen LogP contribution in [-0.2, 0) is 0 Å². The minimum atomic E-state index is 0.721. The van der Waals surface area contributed by atoms with E-state index in [1.54, 1.807) is 0 Å². The molecule has 0 unspecified atom stereocenters. The van der Waals surface area contributed by atoms with Gasteiger partial charge in [0.2, 0.25) is 0 Å². The van der Waals surface area contributed by atoms with E-state index in [1.807, 2.05) is 0 Å². The van der Waals surface area contributed by atoms with Crippen molar-refractivity contribution in [3.63, 3.8) is 0 Å². The summed E-state index contributed by atoms with van der Waals surface area (Å²) in [6.45, 7) is 0. The summed E-state index contributed by atoms with van der Waals surface area (Å²) >= 11 is 5.46. The molecule has 5 heteroatoms. The summed E-state index contributed by atoms with van der Waals surface area (Å²) in [7, 11) is 0. The molecule has 0 aromatic rings. The van der Waals surface area contributed by atoms with E-state index in [9.17, 15) is 0 Å². The molecule has 0 bridgehead atoms. The van der Waals surface area contributed by atoms with Gasteiger partial charge in [0, 0.05) is 0 Å². The Bertz CT molecular complexity index is 101. The average Bonchev–Trinajstić information content (AvgIpc) is 1.87. The van der Waals surface area contributed by atoms with Gasteiger partial charge in [-0.3, -0.25) is 0 Å². The van der Waals surface area contributed by atoms with E-state index in [4.69, 9.17) is 5.84 Å². The highest BCUT2D eigenvalue weighted by molar-refractivity contribution is 8.32. The maximum atomic E-state index is 5.20. The van der Waals surface area contributed by atoms with Gasteiger partial charge in [0.05, 0.1) is 0 Å². The van der Waals surface area contributed by atoms with E-state index in [1.165, 1.54) is 16.9 Å². The molecule has 0 saturated heterocycles. The molecule has 1 aliphatic rings. The fourth-order valence-corrected chi connectivity index (χ4v) is 1.05. The molecule has 0 spiro atoms. The molecule has 0 fully saturated rings. The zero-order valence-corrected chi connectivity index (χ0v) is 5.25. The molecule has 2 N–H and O–H groups in total. The summed E-state index contributed by atoms with van der Waals surface area (Å²) in [6.07, 6.45) is 0. The number of hydrogen-bond acceptors (Lipinski definition) is 4. The van der Waals surface area contributed by atoms with Gasteiger partial charge in [0.15, 0.2) is 4.38 Å². The van der Waals surface area contributed by atoms with Gasteiger partial charge < -0.3 is 0 Å². The summed E-state index contributed by atoms with van der Waals surface area (Å²) < 4.78 is 0.738. The lowest BCUT2D eigenvalue weighted by Gasteiger charge is -1.98. The predicted molar refractivity (Wildman–Crippen MR) is 34.9 cm³/mol. The first kappa shape index (κ1) is 5.27. The highest BCUT2D eigenvalue weighted by Crippen LogP contribution is 2.14. The maximum absolute atomic E-state index is 5.20. The normalized spacial score (nSPS) is 20.3. The van der Waals surface area contributed by atoms with Crippen LogP contribution in [-0.4, -0.2) is 15.4 Å². The van der Waals surface area contributed by atoms with Gasteiger partial charge in [-0.2, -0.15) is 0 Å². The zero-order valence-electron chi connectivity index (χ0n) is 3.53. The highest BCUT2D eigenvalue weighted by Gasteiger charge is 2.05. The molecule has 40 valence electrons. The van der Waals surface area contributed by atoms with Crippen LogP contribution in [0, 0.1) is 0 Å². The molecule has 1 heterocycles. The standard InChI is InChI=1S/C2H5N3S2/c3-5-1-7-2(6)4-5/h1,3H2,(H,4,6). The Morgan fingerprint density at radius 3 is 2.86 bits per heavy atom. The predicted octanol–water partition coefficient (Wildman–Crippen LogP) is 0.0672. The van der Waals surface area contributed by atoms with Crippen LogP contribution < -0.4 is 5.84 Å². The van der Waals surface area contributed by atoms with Crippen LogP contribution in [0.15, 0.2) is 5.10 Å². The highest BCUT2D eigenvalue weighted by atomic mass is 32.2. The van der Waals surface area contributed by atoms with Crippen molar-refractivity contribution in [3.05, 3.63) is 0 Å². The summed E-state index contributed by atoms with van der Waals surface area (Å²) in [5, 5.41) is 5.10. The summed E-state index contributed by atoms with van der Waals surface area (Å²) in [6, 6.07) is 0. The fourth-order valence-electron chi connectivity index (χ4n) is 0.291. The minimum absolute atomic E-state index is 0.721. The van der Waals surface area contributed by atoms with E-state index in [2.05, 4.69) is 17.7 Å². The Balaban J connectivity index is 2.50. The van der Waals surface area contributed by atoms with E-state index >= 15 is 0 Å². The smallest absolute Gasteiger partial charge is 0.150 e. The van der Waals surface area contributed by atoms with Crippen LogP contribution in [0.5, 0.6) is 0 Å². The van der Waals surface area contributed by atoms with Crippen LogP contribution in [0.3, 0.4) is 0 Å². The van der Waals surface area contributed by atoms with Crippen molar-refractivity contribution in [3.8, 4) is 0 Å². The second-order valence-electron chi connectivity index (χ2n) is 1.10. The summed E-state index contributed by atoms with van der Waals surface area (Å²) in [5.74, 6) is 5.92. The van der Waals surface area contributed by atoms with E-state index in [0.717, 1.165) is 10.3 Å². The van der Waals surface area contributed by atoms with Gasteiger partial charge in [-0.15, -0.1) is 17.7 Å². The largest absolute Gasteiger partial charge is 0.230 e. The van der Waals surface area contributed by atoms with Crippen LogP contribution >= 0.6 is 24.4 Å². The molecule has 1 rings (SSSR count). The Kier molecular flexibility index (Phi) is 1.46. The quantitative estimate of drug-likeness (QED) is 0.365. The molecule has 0 amide bonds. The number of hydrazone groups is 1. The number of hydrazine groups is 1. The molecule has 0 aromatic carbocycles. The van der Waals surface area contributed by atoms with Crippen molar-refractivity contribution in [2.75, 3.05) is 5.88 Å². The Morgan fingerprint density at radius 2 is 2.71 bits per heavy atom. The molecule has 0 aliphatic carbocycles. The molecule has 0 atom stereocenters. The lowest BCUT2D eigenvalue weighted by atomic mass is 11.4. The van der Waals surface area contributed by atoms with E-state index in [-0.39, 0.29) is 0 Å². The number of thioether (sulfide) groups is 1. The maximum Gasteiger partial charge on any atom is 0.150 e. The van der Waals surface area contributed by atoms with Crippen molar-refractivity contribution < 1.29 is 0 Å². The monoisotopic (exact) mass is 135 g/mol.